The van der Waals surface area contributed by atoms with E-state index in [1.807, 2.05) is 48.5 Å². The molecule has 6 nitrogen and oxygen atoms in total. The quantitative estimate of drug-likeness (QED) is 0.525. The molecule has 152 valence electrons. The van der Waals surface area contributed by atoms with E-state index in [1.54, 1.807) is 7.11 Å². The topological polar surface area (TPSA) is 67.3 Å². The van der Waals surface area contributed by atoms with Gasteiger partial charge >= 0.3 is 0 Å². The number of hydrogen-bond acceptors (Lipinski definition) is 6. The Balaban J connectivity index is 1.54. The molecule has 1 amide bonds. The second-order valence-electron chi connectivity index (χ2n) is 6.65. The zero-order valence-electron chi connectivity index (χ0n) is 16.6. The van der Waals surface area contributed by atoms with Crippen molar-refractivity contribution in [2.75, 3.05) is 31.7 Å². The van der Waals surface area contributed by atoms with Gasteiger partial charge in [0.2, 0.25) is 11.0 Å². The molecule has 0 atom stereocenters. The van der Waals surface area contributed by atoms with E-state index in [1.165, 1.54) is 17.1 Å². The van der Waals surface area contributed by atoms with Gasteiger partial charge in [-0.2, -0.15) is 4.37 Å². The SMILES string of the molecule is COCCN(CCC(=O)NCc1ccccc1)c1nc(Cc2ccccc2)ns1. The molecule has 2 aromatic carbocycles. The van der Waals surface area contributed by atoms with Crippen LogP contribution in [0.1, 0.15) is 23.4 Å². The Labute approximate surface area is 175 Å². The third kappa shape index (κ3) is 6.96. The van der Waals surface area contributed by atoms with Crippen LogP contribution in [-0.4, -0.2) is 42.1 Å². The molecule has 0 saturated carbocycles. The van der Waals surface area contributed by atoms with Crippen LogP contribution in [0.3, 0.4) is 0 Å². The van der Waals surface area contributed by atoms with Gasteiger partial charge in [0.05, 0.1) is 6.61 Å². The Morgan fingerprint density at radius 3 is 2.41 bits per heavy atom. The second-order valence-corrected chi connectivity index (χ2v) is 7.38. The fraction of sp³-hybridized carbons (Fsp3) is 0.318. The van der Waals surface area contributed by atoms with E-state index >= 15 is 0 Å². The molecular formula is C22H26N4O2S. The fourth-order valence-corrected chi connectivity index (χ4v) is 3.59. The van der Waals surface area contributed by atoms with Crippen LogP contribution in [0.2, 0.25) is 0 Å². The highest BCUT2D eigenvalue weighted by molar-refractivity contribution is 7.09. The lowest BCUT2D eigenvalue weighted by Crippen LogP contribution is -2.32. The number of nitrogens with zero attached hydrogens (tertiary/aromatic N) is 3. The largest absolute Gasteiger partial charge is 0.383 e. The first-order valence-electron chi connectivity index (χ1n) is 9.65. The number of hydrogen-bond donors (Lipinski definition) is 1. The van der Waals surface area contributed by atoms with Crippen LogP contribution in [0.5, 0.6) is 0 Å². The van der Waals surface area contributed by atoms with Gasteiger partial charge in [0.25, 0.3) is 0 Å². The van der Waals surface area contributed by atoms with E-state index in [2.05, 4.69) is 31.7 Å². The van der Waals surface area contributed by atoms with Gasteiger partial charge < -0.3 is 15.0 Å². The summed E-state index contributed by atoms with van der Waals surface area (Å²) in [5, 5.41) is 3.79. The minimum absolute atomic E-state index is 0.0188. The summed E-state index contributed by atoms with van der Waals surface area (Å²) in [6, 6.07) is 20.1. The fourth-order valence-electron chi connectivity index (χ4n) is 2.85. The number of benzene rings is 2. The number of nitrogens with one attached hydrogen (secondary N) is 1. The van der Waals surface area contributed by atoms with Gasteiger partial charge in [0.1, 0.15) is 5.82 Å². The zero-order chi connectivity index (χ0) is 20.3. The van der Waals surface area contributed by atoms with Gasteiger partial charge in [-0.1, -0.05) is 60.7 Å². The molecule has 3 rings (SSSR count). The molecule has 0 radical (unpaired) electrons. The molecule has 7 heteroatoms. The Bertz CT molecular complexity index is 871. The van der Waals surface area contributed by atoms with Gasteiger partial charge in [-0.05, 0) is 11.1 Å². The van der Waals surface area contributed by atoms with Crippen LogP contribution in [0.4, 0.5) is 5.13 Å². The maximum absolute atomic E-state index is 12.3. The molecule has 1 aromatic heterocycles. The lowest BCUT2D eigenvalue weighted by molar-refractivity contribution is -0.121. The molecule has 0 aliphatic rings. The summed E-state index contributed by atoms with van der Waals surface area (Å²) in [5.41, 5.74) is 2.27. The molecule has 0 aliphatic carbocycles. The number of amides is 1. The van der Waals surface area contributed by atoms with Crippen molar-refractivity contribution in [3.63, 3.8) is 0 Å². The van der Waals surface area contributed by atoms with E-state index in [-0.39, 0.29) is 5.91 Å². The summed E-state index contributed by atoms with van der Waals surface area (Å²) >= 11 is 1.37. The van der Waals surface area contributed by atoms with Crippen LogP contribution in [0.15, 0.2) is 60.7 Å². The zero-order valence-corrected chi connectivity index (χ0v) is 17.4. The second kappa shape index (κ2) is 11.3. The first-order valence-corrected chi connectivity index (χ1v) is 10.4. The number of ether oxygens (including phenoxy) is 1. The number of carbonyl (C=O) groups is 1. The number of rotatable bonds is 11. The first kappa shape index (κ1) is 21.0. The highest BCUT2D eigenvalue weighted by Gasteiger charge is 2.14. The van der Waals surface area contributed by atoms with Crippen molar-refractivity contribution >= 4 is 22.6 Å². The summed E-state index contributed by atoms with van der Waals surface area (Å²) in [5.74, 6) is 0.817. The molecule has 3 aromatic rings. The maximum atomic E-state index is 12.3. The van der Waals surface area contributed by atoms with Crippen LogP contribution in [-0.2, 0) is 22.5 Å². The Morgan fingerprint density at radius 1 is 1.03 bits per heavy atom. The number of carbonyl (C=O) groups excluding carboxylic acids is 1. The number of aromatic nitrogens is 2. The van der Waals surface area contributed by atoms with Gasteiger partial charge in [0, 0.05) is 51.1 Å². The highest BCUT2D eigenvalue weighted by atomic mass is 32.1. The van der Waals surface area contributed by atoms with Crippen LogP contribution in [0.25, 0.3) is 0 Å². The van der Waals surface area contributed by atoms with Gasteiger partial charge in [-0.15, -0.1) is 0 Å². The lowest BCUT2D eigenvalue weighted by atomic mass is 10.1. The average Bonchev–Trinajstić information content (AvgIpc) is 3.22. The molecule has 0 fully saturated rings. The van der Waals surface area contributed by atoms with Crippen molar-refractivity contribution in [3.8, 4) is 0 Å². The van der Waals surface area contributed by atoms with Crippen LogP contribution >= 0.6 is 11.5 Å². The normalized spacial score (nSPS) is 10.7. The van der Waals surface area contributed by atoms with Crippen molar-refractivity contribution in [1.29, 1.82) is 0 Å². The predicted molar refractivity (Wildman–Crippen MR) is 116 cm³/mol. The van der Waals surface area contributed by atoms with Gasteiger partial charge in [-0.25, -0.2) is 4.98 Å². The monoisotopic (exact) mass is 410 g/mol. The average molecular weight is 411 g/mol. The van der Waals surface area contributed by atoms with E-state index in [0.29, 0.717) is 39.1 Å². The minimum atomic E-state index is 0.0188. The predicted octanol–water partition coefficient (Wildman–Crippen LogP) is 3.29. The van der Waals surface area contributed by atoms with Crippen molar-refractivity contribution < 1.29 is 9.53 Å². The summed E-state index contributed by atoms with van der Waals surface area (Å²) in [6.45, 7) is 2.35. The van der Waals surface area contributed by atoms with Gasteiger partial charge in [-0.3, -0.25) is 4.79 Å². The number of anilines is 1. The van der Waals surface area contributed by atoms with Crippen LogP contribution in [0, 0.1) is 0 Å². The van der Waals surface area contributed by atoms with Crippen molar-refractivity contribution in [2.24, 2.45) is 0 Å². The molecule has 0 aliphatic heterocycles. The van der Waals surface area contributed by atoms with E-state index in [4.69, 9.17) is 4.74 Å². The number of methoxy groups -OCH3 is 1. The molecule has 0 saturated heterocycles. The van der Waals surface area contributed by atoms with E-state index in [9.17, 15) is 4.79 Å². The van der Waals surface area contributed by atoms with Crippen LogP contribution < -0.4 is 10.2 Å². The Kier molecular flexibility index (Phi) is 8.15. The molecule has 0 unspecified atom stereocenters. The van der Waals surface area contributed by atoms with Gasteiger partial charge in [0.15, 0.2) is 0 Å². The Morgan fingerprint density at radius 2 is 1.72 bits per heavy atom. The molecule has 29 heavy (non-hydrogen) atoms. The first-order chi connectivity index (χ1) is 14.2. The van der Waals surface area contributed by atoms with Crippen molar-refractivity contribution in [1.82, 2.24) is 14.7 Å². The standard InChI is InChI=1S/C22H26N4O2S/c1-28-15-14-26(13-12-21(27)23-17-19-10-6-3-7-11-19)22-24-20(25-29-22)16-18-8-4-2-5-9-18/h2-11H,12-17H2,1H3,(H,23,27). The summed E-state index contributed by atoms with van der Waals surface area (Å²) < 4.78 is 9.71. The molecule has 0 spiro atoms. The third-order valence-electron chi connectivity index (χ3n) is 4.44. The van der Waals surface area contributed by atoms with E-state index in [0.717, 1.165) is 16.5 Å². The summed E-state index contributed by atoms with van der Waals surface area (Å²) in [6.07, 6.45) is 1.09. The minimum Gasteiger partial charge on any atom is -0.383 e. The smallest absolute Gasteiger partial charge is 0.222 e. The molecule has 1 heterocycles. The summed E-state index contributed by atoms with van der Waals surface area (Å²) in [7, 11) is 1.67. The summed E-state index contributed by atoms with van der Waals surface area (Å²) in [4.78, 5) is 19.0. The maximum Gasteiger partial charge on any atom is 0.222 e. The molecular weight excluding hydrogens is 384 g/mol. The lowest BCUT2D eigenvalue weighted by Gasteiger charge is -2.20. The Hall–Kier alpha value is -2.77. The highest BCUT2D eigenvalue weighted by Crippen LogP contribution is 2.19. The van der Waals surface area contributed by atoms with E-state index < -0.39 is 0 Å². The van der Waals surface area contributed by atoms with Crippen molar-refractivity contribution in [2.45, 2.75) is 19.4 Å². The molecule has 1 N–H and O–H groups in total. The van der Waals surface area contributed by atoms with Crippen molar-refractivity contribution in [3.05, 3.63) is 77.6 Å². The molecule has 0 bridgehead atoms. The third-order valence-corrected chi connectivity index (χ3v) is 5.25.